The molecule has 5 nitrogen and oxygen atoms in total. The molecule has 0 radical (unpaired) electrons. The van der Waals surface area contributed by atoms with Gasteiger partial charge in [-0.05, 0) is 40.0 Å². The van der Waals surface area contributed by atoms with Gasteiger partial charge < -0.3 is 4.57 Å². The smallest absolute Gasteiger partial charge is 0.323 e. The van der Waals surface area contributed by atoms with E-state index >= 15 is 0 Å². The number of hydrogen-bond donors (Lipinski definition) is 0. The van der Waals surface area contributed by atoms with Gasteiger partial charge in [0.25, 0.3) is 5.69 Å². The first-order chi connectivity index (χ1) is 13.0. The molecule has 0 saturated heterocycles. The van der Waals surface area contributed by atoms with E-state index in [1.165, 1.54) is 25.1 Å². The molecule has 9 heteroatoms. The Hall–Kier alpha value is -2.42. The number of fused-ring (bicyclic) bond motifs is 1. The topological polar surface area (TPSA) is 61.0 Å². The van der Waals surface area contributed by atoms with Gasteiger partial charge in [-0.1, -0.05) is 26.0 Å². The average molecular weight is 456 g/mol. The van der Waals surface area contributed by atoms with E-state index in [1.807, 2.05) is 13.8 Å². The lowest BCUT2D eigenvalue weighted by Gasteiger charge is -2.17. The molecule has 28 heavy (non-hydrogen) atoms. The standard InChI is InChI=1S/C19H17BrF3N3O2/c1-10(2)18-24-17-15(20)7-13(26(27)28)8-16(17)25(18)9-12-5-4-6-14(11(12)3)19(21,22)23/h4-8,10H,9H2,1-3H3. The van der Waals surface area contributed by atoms with Crippen LogP contribution in [0.4, 0.5) is 18.9 Å². The maximum atomic E-state index is 13.3. The van der Waals surface area contributed by atoms with Crippen LogP contribution in [0.5, 0.6) is 0 Å². The average Bonchev–Trinajstić information content (AvgIpc) is 2.95. The molecule has 0 unspecified atom stereocenters. The van der Waals surface area contributed by atoms with Gasteiger partial charge in [0.15, 0.2) is 0 Å². The SMILES string of the molecule is Cc1c(Cn2c(C(C)C)nc3c(Br)cc([N+](=O)[O-])cc32)cccc1C(F)(F)F. The van der Waals surface area contributed by atoms with Crippen molar-refractivity contribution in [1.82, 2.24) is 9.55 Å². The summed E-state index contributed by atoms with van der Waals surface area (Å²) >= 11 is 3.32. The summed E-state index contributed by atoms with van der Waals surface area (Å²) in [5.41, 5.74) is 0.861. The van der Waals surface area contributed by atoms with Crippen molar-refractivity contribution in [2.24, 2.45) is 0 Å². The fraction of sp³-hybridized carbons (Fsp3) is 0.316. The Morgan fingerprint density at radius 3 is 2.54 bits per heavy atom. The van der Waals surface area contributed by atoms with Crippen molar-refractivity contribution in [2.45, 2.75) is 39.4 Å². The number of imidazole rings is 1. The maximum Gasteiger partial charge on any atom is 0.416 e. The van der Waals surface area contributed by atoms with E-state index in [-0.39, 0.29) is 23.7 Å². The van der Waals surface area contributed by atoms with Crippen LogP contribution in [-0.4, -0.2) is 14.5 Å². The Kier molecular flexibility index (Phi) is 5.22. The Labute approximate surface area is 167 Å². The third-order valence-electron chi connectivity index (χ3n) is 4.63. The molecule has 0 saturated carbocycles. The first-order valence-corrected chi connectivity index (χ1v) is 9.29. The van der Waals surface area contributed by atoms with Gasteiger partial charge >= 0.3 is 6.18 Å². The summed E-state index contributed by atoms with van der Waals surface area (Å²) in [5, 5.41) is 11.2. The van der Waals surface area contributed by atoms with Crippen LogP contribution < -0.4 is 0 Å². The van der Waals surface area contributed by atoms with Crippen molar-refractivity contribution in [3.8, 4) is 0 Å². The van der Waals surface area contributed by atoms with Gasteiger partial charge in [-0.3, -0.25) is 10.1 Å². The Morgan fingerprint density at radius 1 is 1.29 bits per heavy atom. The number of non-ortho nitro benzene ring substituents is 1. The van der Waals surface area contributed by atoms with Crippen molar-refractivity contribution in [3.63, 3.8) is 0 Å². The van der Waals surface area contributed by atoms with E-state index < -0.39 is 16.7 Å². The summed E-state index contributed by atoms with van der Waals surface area (Å²) < 4.78 is 42.0. The zero-order valence-corrected chi connectivity index (χ0v) is 16.9. The fourth-order valence-electron chi connectivity index (χ4n) is 3.23. The van der Waals surface area contributed by atoms with Crippen LogP contribution >= 0.6 is 15.9 Å². The molecule has 0 aliphatic rings. The van der Waals surface area contributed by atoms with Crippen molar-refractivity contribution >= 4 is 32.7 Å². The number of benzene rings is 2. The molecule has 0 atom stereocenters. The maximum absolute atomic E-state index is 13.3. The molecule has 2 aromatic carbocycles. The zero-order chi connectivity index (χ0) is 20.8. The summed E-state index contributed by atoms with van der Waals surface area (Å²) in [6.07, 6.45) is -4.44. The molecular weight excluding hydrogens is 439 g/mol. The number of nitro benzene ring substituents is 1. The van der Waals surface area contributed by atoms with E-state index in [9.17, 15) is 23.3 Å². The number of nitro groups is 1. The summed E-state index contributed by atoms with van der Waals surface area (Å²) in [6, 6.07) is 6.83. The highest BCUT2D eigenvalue weighted by molar-refractivity contribution is 9.10. The molecule has 0 fully saturated rings. The lowest BCUT2D eigenvalue weighted by atomic mass is 10.0. The summed E-state index contributed by atoms with van der Waals surface area (Å²) in [7, 11) is 0. The highest BCUT2D eigenvalue weighted by atomic mass is 79.9. The predicted octanol–water partition coefficient (Wildman–Crippen LogP) is 6.21. The Morgan fingerprint density at radius 2 is 1.96 bits per heavy atom. The molecule has 148 valence electrons. The summed E-state index contributed by atoms with van der Waals surface area (Å²) in [6.45, 7) is 5.40. The first-order valence-electron chi connectivity index (χ1n) is 8.50. The molecule has 1 heterocycles. The molecule has 3 rings (SSSR count). The third-order valence-corrected chi connectivity index (χ3v) is 5.23. The minimum Gasteiger partial charge on any atom is -0.323 e. The highest BCUT2D eigenvalue weighted by Gasteiger charge is 2.33. The number of hydrogen-bond acceptors (Lipinski definition) is 3. The summed E-state index contributed by atoms with van der Waals surface area (Å²) in [5.74, 6) is 0.623. The molecule has 0 aliphatic carbocycles. The third kappa shape index (κ3) is 3.63. The van der Waals surface area contributed by atoms with Crippen LogP contribution in [-0.2, 0) is 12.7 Å². The van der Waals surface area contributed by atoms with Crippen LogP contribution in [0.1, 0.15) is 42.3 Å². The Bertz CT molecular complexity index is 1070. The molecule has 3 aromatic rings. The van der Waals surface area contributed by atoms with Crippen molar-refractivity contribution in [3.05, 3.63) is 67.4 Å². The molecule has 1 aromatic heterocycles. The van der Waals surface area contributed by atoms with E-state index in [1.54, 1.807) is 10.6 Å². The second-order valence-electron chi connectivity index (χ2n) is 6.85. The minimum absolute atomic E-state index is 0.0236. The monoisotopic (exact) mass is 455 g/mol. The number of aromatic nitrogens is 2. The van der Waals surface area contributed by atoms with Crippen molar-refractivity contribution < 1.29 is 18.1 Å². The van der Waals surface area contributed by atoms with E-state index in [4.69, 9.17) is 0 Å². The van der Waals surface area contributed by atoms with Crippen molar-refractivity contribution in [1.29, 1.82) is 0 Å². The number of rotatable bonds is 4. The van der Waals surface area contributed by atoms with Gasteiger partial charge in [0.2, 0.25) is 0 Å². The number of alkyl halides is 3. The van der Waals surface area contributed by atoms with E-state index in [0.29, 0.717) is 26.9 Å². The summed E-state index contributed by atoms with van der Waals surface area (Å²) in [4.78, 5) is 15.3. The van der Waals surface area contributed by atoms with Gasteiger partial charge in [-0.15, -0.1) is 0 Å². The normalized spacial score (nSPS) is 12.1. The number of nitrogens with zero attached hydrogens (tertiary/aromatic N) is 3. The number of halogens is 4. The molecule has 0 aliphatic heterocycles. The fourth-order valence-corrected chi connectivity index (χ4v) is 3.76. The van der Waals surface area contributed by atoms with Gasteiger partial charge in [0.05, 0.1) is 20.5 Å². The Balaban J connectivity index is 2.23. The quantitative estimate of drug-likeness (QED) is 0.347. The van der Waals surface area contributed by atoms with Crippen molar-refractivity contribution in [2.75, 3.05) is 0 Å². The lowest BCUT2D eigenvalue weighted by Crippen LogP contribution is -2.12. The minimum atomic E-state index is -4.44. The highest BCUT2D eigenvalue weighted by Crippen LogP contribution is 2.35. The van der Waals surface area contributed by atoms with Crippen LogP contribution in [0.15, 0.2) is 34.8 Å². The van der Waals surface area contributed by atoms with Gasteiger partial charge in [-0.25, -0.2) is 4.98 Å². The van der Waals surface area contributed by atoms with Gasteiger partial charge in [0.1, 0.15) is 11.3 Å². The van der Waals surface area contributed by atoms with Gasteiger partial charge in [0, 0.05) is 24.6 Å². The zero-order valence-electron chi connectivity index (χ0n) is 15.3. The van der Waals surface area contributed by atoms with Crippen LogP contribution in [0.25, 0.3) is 11.0 Å². The van der Waals surface area contributed by atoms with E-state index in [0.717, 1.165) is 6.07 Å². The van der Waals surface area contributed by atoms with E-state index in [2.05, 4.69) is 20.9 Å². The molecule has 0 N–H and O–H groups in total. The van der Waals surface area contributed by atoms with Crippen LogP contribution in [0, 0.1) is 17.0 Å². The lowest BCUT2D eigenvalue weighted by molar-refractivity contribution is -0.384. The second kappa shape index (κ2) is 7.20. The molecule has 0 bridgehead atoms. The first kappa shape index (κ1) is 20.3. The molecule has 0 spiro atoms. The van der Waals surface area contributed by atoms with Gasteiger partial charge in [-0.2, -0.15) is 13.2 Å². The molecular formula is C19H17BrF3N3O2. The van der Waals surface area contributed by atoms with Crippen LogP contribution in [0.3, 0.4) is 0 Å². The molecule has 0 amide bonds. The van der Waals surface area contributed by atoms with Crippen LogP contribution in [0.2, 0.25) is 0 Å². The second-order valence-corrected chi connectivity index (χ2v) is 7.71. The predicted molar refractivity (Wildman–Crippen MR) is 103 cm³/mol. The largest absolute Gasteiger partial charge is 0.416 e.